The van der Waals surface area contributed by atoms with Crippen LogP contribution in [0, 0.1) is 5.88 Å². The monoisotopic (exact) mass is 625 g/mol. The molecule has 0 fully saturated rings. The second-order valence-corrected chi connectivity index (χ2v) is 18.4. The zero-order valence-electron chi connectivity index (χ0n) is 29.2. The van der Waals surface area contributed by atoms with E-state index in [0.29, 0.717) is 0 Å². The lowest BCUT2D eigenvalue weighted by atomic mass is 9.77. The number of allylic oxidation sites excluding steroid dienone is 2. The number of thioether (sulfide) groups is 1. The van der Waals surface area contributed by atoms with E-state index in [4.69, 9.17) is 11.6 Å². The van der Waals surface area contributed by atoms with Gasteiger partial charge in [-0.2, -0.15) is 0 Å². The molecule has 5 rings (SSSR count). The Morgan fingerprint density at radius 3 is 1.34 bits per heavy atom. The number of hydrogen-bond donors (Lipinski definition) is 0. The molecule has 3 aromatic rings. The van der Waals surface area contributed by atoms with Gasteiger partial charge < -0.3 is 4.90 Å². The van der Waals surface area contributed by atoms with Gasteiger partial charge in [0, 0.05) is 26.8 Å². The van der Waals surface area contributed by atoms with E-state index < -0.39 is 0 Å². The average Bonchev–Trinajstić information content (AvgIpc) is 3.34. The summed E-state index contributed by atoms with van der Waals surface area (Å²) < 4.78 is 0. The molecule has 0 bridgehead atoms. The number of nitrogens with zero attached hydrogens (tertiary/aromatic N) is 1. The molecule has 0 spiro atoms. The number of rotatable bonds is 3. The lowest BCUT2D eigenvalue weighted by Gasteiger charge is -2.31. The van der Waals surface area contributed by atoms with E-state index in [1.165, 1.54) is 73.6 Å². The fourth-order valence-electron chi connectivity index (χ4n) is 6.12. The first-order valence-corrected chi connectivity index (χ1v) is 17.5. The van der Waals surface area contributed by atoms with Gasteiger partial charge in [-0.3, -0.25) is 0 Å². The Morgan fingerprint density at radius 2 is 0.955 bits per heavy atom. The molecule has 0 N–H and O–H groups in total. The van der Waals surface area contributed by atoms with Gasteiger partial charge in [0.25, 0.3) is 0 Å². The molecule has 0 amide bonds. The maximum absolute atomic E-state index is 7.13. The molecule has 2 aliphatic rings. The molecule has 234 valence electrons. The summed E-state index contributed by atoms with van der Waals surface area (Å²) in [6.45, 7) is 27.7. The lowest BCUT2D eigenvalue weighted by molar-refractivity contribution is 0.568. The van der Waals surface area contributed by atoms with Crippen LogP contribution in [-0.2, 0) is 21.7 Å². The Kier molecular flexibility index (Phi) is 8.74. The molecule has 1 heterocycles. The van der Waals surface area contributed by atoms with Gasteiger partial charge in [-0.25, -0.2) is 0 Å². The van der Waals surface area contributed by atoms with Gasteiger partial charge in [0.15, 0.2) is 5.88 Å². The second-order valence-electron chi connectivity index (χ2n) is 17.1. The van der Waals surface area contributed by atoms with Crippen molar-refractivity contribution in [1.82, 2.24) is 0 Å². The lowest BCUT2D eigenvalue weighted by Crippen LogP contribution is -2.19. The first-order valence-electron chi connectivity index (χ1n) is 16.3. The van der Waals surface area contributed by atoms with Crippen molar-refractivity contribution in [3.05, 3.63) is 92.3 Å². The van der Waals surface area contributed by atoms with E-state index in [-0.39, 0.29) is 21.7 Å². The van der Waals surface area contributed by atoms with Gasteiger partial charge in [-0.05, 0) is 92.9 Å². The normalized spacial score (nSPS) is 16.5. The van der Waals surface area contributed by atoms with Crippen molar-refractivity contribution in [3.63, 3.8) is 0 Å². The summed E-state index contributed by atoms with van der Waals surface area (Å²) in [5.74, 6) is 3.77. The van der Waals surface area contributed by atoms with Gasteiger partial charge in [0.05, 0.1) is 5.69 Å². The molecule has 0 saturated heterocycles. The third kappa shape index (κ3) is 6.82. The van der Waals surface area contributed by atoms with Gasteiger partial charge in [-0.15, -0.1) is 0 Å². The van der Waals surface area contributed by atoms with Crippen LogP contribution < -0.4 is 4.90 Å². The fraction of sp³-hybridized carbons (Fsp3) is 0.488. The Morgan fingerprint density at radius 1 is 0.568 bits per heavy atom. The van der Waals surface area contributed by atoms with Crippen molar-refractivity contribution in [2.75, 3.05) is 4.90 Å². The fourth-order valence-corrected chi connectivity index (χ4v) is 7.30. The van der Waals surface area contributed by atoms with E-state index in [0.717, 1.165) is 17.9 Å². The Bertz CT molecular complexity index is 1440. The van der Waals surface area contributed by atoms with Crippen molar-refractivity contribution in [2.24, 2.45) is 0 Å². The van der Waals surface area contributed by atoms with Gasteiger partial charge >= 0.3 is 0 Å². The van der Waals surface area contributed by atoms with Crippen molar-refractivity contribution in [2.45, 2.75) is 130 Å². The molecule has 1 nitrogen and oxygen atoms in total. The topological polar surface area (TPSA) is 3.24 Å². The smallest absolute Gasteiger partial charge is 0.169 e. The van der Waals surface area contributed by atoms with Crippen LogP contribution in [0.2, 0.25) is 5.02 Å². The molecular weight excluding hydrogens is 574 g/mol. The quantitative estimate of drug-likeness (QED) is 0.285. The number of hydrogen-bond acceptors (Lipinski definition) is 2. The molecule has 3 aromatic carbocycles. The largest absolute Gasteiger partial charge is 0.321 e. The zero-order valence-corrected chi connectivity index (χ0v) is 30.8. The van der Waals surface area contributed by atoms with Gasteiger partial charge in [0.2, 0.25) is 0 Å². The first-order chi connectivity index (χ1) is 20.2. The van der Waals surface area contributed by atoms with Crippen LogP contribution in [-0.4, -0.2) is 0 Å². The Balaban J connectivity index is 1.88. The Labute approximate surface area is 277 Å². The molecular formula is C41H52ClNS. The highest BCUT2D eigenvalue weighted by Crippen LogP contribution is 2.53. The van der Waals surface area contributed by atoms with Crippen molar-refractivity contribution in [3.8, 4) is 22.3 Å². The average molecular weight is 626 g/mol. The summed E-state index contributed by atoms with van der Waals surface area (Å²) in [5.41, 5.74) is 12.9. The SMILES string of the molecule is CC(C)(C)c1cc(-c2cc(Cl)cc(-c3cc(C(C)(C)C)cc(C(C)(C)C)c3)c2N2[C]SC3=C2CCCC3)cc(C(C)(C)C)c1. The maximum atomic E-state index is 7.13. The molecule has 0 unspecified atom stereocenters. The van der Waals surface area contributed by atoms with Crippen LogP contribution in [0.5, 0.6) is 0 Å². The highest BCUT2D eigenvalue weighted by atomic mass is 35.5. The van der Waals surface area contributed by atoms with Crippen LogP contribution in [0.4, 0.5) is 5.69 Å². The van der Waals surface area contributed by atoms with E-state index >= 15 is 0 Å². The first kappa shape index (κ1) is 33.2. The minimum Gasteiger partial charge on any atom is -0.321 e. The highest BCUT2D eigenvalue weighted by Gasteiger charge is 2.33. The predicted molar refractivity (Wildman–Crippen MR) is 196 cm³/mol. The number of halogens is 1. The molecule has 1 aliphatic heterocycles. The molecule has 2 radical (unpaired) electrons. The minimum absolute atomic E-state index is 0.0149. The van der Waals surface area contributed by atoms with E-state index in [9.17, 15) is 0 Å². The molecule has 44 heavy (non-hydrogen) atoms. The molecule has 0 aromatic heterocycles. The summed E-state index contributed by atoms with van der Waals surface area (Å²) >= 11 is 8.92. The van der Waals surface area contributed by atoms with Gasteiger partial charge in [-0.1, -0.05) is 143 Å². The van der Waals surface area contributed by atoms with Crippen LogP contribution in [0.25, 0.3) is 22.3 Å². The van der Waals surface area contributed by atoms with Crippen LogP contribution in [0.1, 0.15) is 131 Å². The minimum atomic E-state index is 0.0149. The van der Waals surface area contributed by atoms with E-state index in [2.05, 4.69) is 142 Å². The molecule has 0 saturated carbocycles. The zero-order chi connectivity index (χ0) is 32.4. The van der Waals surface area contributed by atoms with Crippen LogP contribution in [0.15, 0.2) is 59.1 Å². The summed E-state index contributed by atoms with van der Waals surface area (Å²) in [4.78, 5) is 3.88. The van der Waals surface area contributed by atoms with Crippen LogP contribution in [0.3, 0.4) is 0 Å². The second kappa shape index (κ2) is 11.6. The van der Waals surface area contributed by atoms with Crippen molar-refractivity contribution >= 4 is 29.1 Å². The highest BCUT2D eigenvalue weighted by molar-refractivity contribution is 8.05. The molecule has 0 atom stereocenters. The summed E-state index contributed by atoms with van der Waals surface area (Å²) in [7, 11) is 0. The Hall–Kier alpha value is -2.16. The van der Waals surface area contributed by atoms with E-state index in [1.54, 1.807) is 11.8 Å². The summed E-state index contributed by atoms with van der Waals surface area (Å²) in [5, 5.41) is 0.764. The van der Waals surface area contributed by atoms with Crippen LogP contribution >= 0.6 is 23.4 Å². The maximum Gasteiger partial charge on any atom is 0.169 e. The molecule has 1 aliphatic carbocycles. The van der Waals surface area contributed by atoms with E-state index in [1.807, 2.05) is 0 Å². The predicted octanol–water partition coefficient (Wildman–Crippen LogP) is 13.2. The van der Waals surface area contributed by atoms with Crippen molar-refractivity contribution < 1.29 is 0 Å². The molecule has 3 heteroatoms. The number of anilines is 1. The summed E-state index contributed by atoms with van der Waals surface area (Å²) in [6.07, 6.45) is 4.70. The van der Waals surface area contributed by atoms with Crippen molar-refractivity contribution in [1.29, 1.82) is 0 Å². The third-order valence-electron chi connectivity index (χ3n) is 9.17. The number of benzene rings is 3. The third-order valence-corrected chi connectivity index (χ3v) is 10.3. The summed E-state index contributed by atoms with van der Waals surface area (Å²) in [6, 6.07) is 18.8. The standard InChI is InChI=1S/C41H52ClNS/c1-38(2,3)28-17-26(18-29(21-28)39(4,5)6)33-23-32(42)24-34(37(33)43-25-44-36-16-14-13-15-35(36)43)27-19-30(40(7,8)9)22-31(20-27)41(10,11)12/h17-24H,13-16H2,1-12H3. The van der Waals surface area contributed by atoms with Gasteiger partial charge in [0.1, 0.15) is 0 Å².